The zero-order valence-corrected chi connectivity index (χ0v) is 24.3. The Kier molecular flexibility index (Phi) is 8.71. The van der Waals surface area contributed by atoms with E-state index in [4.69, 9.17) is 20.6 Å². The molecule has 0 radical (unpaired) electrons. The summed E-state index contributed by atoms with van der Waals surface area (Å²) in [5, 5.41) is 19.4. The van der Waals surface area contributed by atoms with Crippen molar-refractivity contribution < 1.29 is 66.5 Å². The summed E-state index contributed by atoms with van der Waals surface area (Å²) in [6.45, 7) is 1.49. The standard InChI is InChI=1S/C27H26ClF3N2O5.Na/c1-26(8-9-26)27(30,31)21-13-20(32-37-21)25-23(14-2-3-14)24(33-38-25)16(5-7-22(35)36)11-18(34)10-15-4-6-17(28)12-19(15)29;/h4,6,12-14,16H,2-3,5,7-11H2,1H3,(H,35,36);/q;+1/p-1/t16-;/m0./s1. The number of alkyl halides is 2. The summed E-state index contributed by atoms with van der Waals surface area (Å²) in [4.78, 5) is 24.2. The predicted octanol–water partition coefficient (Wildman–Crippen LogP) is 2.71. The topological polar surface area (TPSA) is 109 Å². The Morgan fingerprint density at radius 3 is 2.54 bits per heavy atom. The molecule has 0 aliphatic heterocycles. The summed E-state index contributed by atoms with van der Waals surface area (Å²) in [6.07, 6.45) is 1.69. The average molecular weight is 573 g/mol. The first-order valence-electron chi connectivity index (χ1n) is 12.5. The minimum absolute atomic E-state index is 0. The number of nitrogens with zero attached hydrogens (tertiary/aromatic N) is 2. The molecule has 7 nitrogen and oxygen atoms in total. The molecule has 202 valence electrons. The smallest absolute Gasteiger partial charge is 0.550 e. The zero-order valence-electron chi connectivity index (χ0n) is 21.6. The quantitative estimate of drug-likeness (QED) is 0.307. The van der Waals surface area contributed by atoms with Crippen molar-refractivity contribution in [3.05, 3.63) is 57.7 Å². The van der Waals surface area contributed by atoms with Crippen molar-refractivity contribution >= 4 is 23.4 Å². The van der Waals surface area contributed by atoms with Gasteiger partial charge < -0.3 is 18.9 Å². The van der Waals surface area contributed by atoms with E-state index in [9.17, 15) is 27.9 Å². The van der Waals surface area contributed by atoms with Gasteiger partial charge in [0.25, 0.3) is 0 Å². The summed E-state index contributed by atoms with van der Waals surface area (Å²) in [6, 6.07) is 5.18. The second-order valence-electron chi connectivity index (χ2n) is 10.6. The molecule has 39 heavy (non-hydrogen) atoms. The molecule has 0 saturated heterocycles. The zero-order chi connectivity index (χ0) is 27.2. The third-order valence-electron chi connectivity index (χ3n) is 7.51. The van der Waals surface area contributed by atoms with E-state index in [1.54, 1.807) is 0 Å². The molecule has 12 heteroatoms. The van der Waals surface area contributed by atoms with E-state index in [0.717, 1.165) is 25.0 Å². The fourth-order valence-corrected chi connectivity index (χ4v) is 4.90. The molecule has 2 aromatic heterocycles. The van der Waals surface area contributed by atoms with Gasteiger partial charge in [0.2, 0.25) is 5.76 Å². The Morgan fingerprint density at radius 1 is 1.21 bits per heavy atom. The molecule has 5 rings (SSSR count). The number of hydrogen-bond donors (Lipinski definition) is 0. The van der Waals surface area contributed by atoms with E-state index in [2.05, 4.69) is 10.3 Å². The summed E-state index contributed by atoms with van der Waals surface area (Å²) in [5.74, 6) is -6.48. The molecule has 0 amide bonds. The van der Waals surface area contributed by atoms with Crippen LogP contribution in [-0.4, -0.2) is 22.1 Å². The Bertz CT molecular complexity index is 1380. The molecule has 1 aromatic carbocycles. The van der Waals surface area contributed by atoms with Crippen LogP contribution in [0.4, 0.5) is 13.2 Å². The maximum atomic E-state index is 14.9. The van der Waals surface area contributed by atoms with Crippen molar-refractivity contribution in [2.24, 2.45) is 5.41 Å². The van der Waals surface area contributed by atoms with Gasteiger partial charge >= 0.3 is 35.5 Å². The Morgan fingerprint density at radius 2 is 1.92 bits per heavy atom. The average Bonchev–Trinajstić information content (AvgIpc) is 3.74. The minimum atomic E-state index is -3.19. The van der Waals surface area contributed by atoms with Gasteiger partial charge in [-0.05, 0) is 62.1 Å². The van der Waals surface area contributed by atoms with Crippen LogP contribution in [0.5, 0.6) is 0 Å². The van der Waals surface area contributed by atoms with Crippen LogP contribution in [0.2, 0.25) is 5.02 Å². The Labute approximate surface area is 249 Å². The monoisotopic (exact) mass is 572 g/mol. The summed E-state index contributed by atoms with van der Waals surface area (Å²) >= 11 is 5.79. The number of carbonyl (C=O) groups is 2. The fourth-order valence-electron chi connectivity index (χ4n) is 4.74. The van der Waals surface area contributed by atoms with Gasteiger partial charge in [-0.2, -0.15) is 8.78 Å². The maximum absolute atomic E-state index is 14.9. The van der Waals surface area contributed by atoms with Crippen molar-refractivity contribution in [3.63, 3.8) is 0 Å². The number of ketones is 1. The van der Waals surface area contributed by atoms with E-state index < -0.39 is 34.8 Å². The van der Waals surface area contributed by atoms with Crippen LogP contribution < -0.4 is 34.7 Å². The van der Waals surface area contributed by atoms with Crippen molar-refractivity contribution in [1.82, 2.24) is 10.3 Å². The van der Waals surface area contributed by atoms with Crippen molar-refractivity contribution in [3.8, 4) is 11.5 Å². The van der Waals surface area contributed by atoms with Crippen LogP contribution in [0.15, 0.2) is 33.3 Å². The molecule has 0 spiro atoms. The number of Topliss-reactive ketones (excluding diaryl/α,β-unsaturated/α-hetero) is 1. The van der Waals surface area contributed by atoms with Gasteiger partial charge in [0, 0.05) is 46.8 Å². The molecular weight excluding hydrogens is 548 g/mol. The summed E-state index contributed by atoms with van der Waals surface area (Å²) in [5.41, 5.74) is 0.0496. The fraction of sp³-hybridized carbons (Fsp3) is 0.481. The molecule has 3 aromatic rings. The van der Waals surface area contributed by atoms with Crippen molar-refractivity contribution in [2.75, 3.05) is 0 Å². The Hall–Kier alpha value is -2.14. The number of aromatic nitrogens is 2. The normalized spacial score (nSPS) is 16.9. The molecule has 0 unspecified atom stereocenters. The third kappa shape index (κ3) is 6.29. The van der Waals surface area contributed by atoms with Crippen LogP contribution in [0.3, 0.4) is 0 Å². The van der Waals surface area contributed by atoms with E-state index in [1.807, 2.05) is 0 Å². The molecule has 2 aliphatic rings. The first-order chi connectivity index (χ1) is 18.0. The van der Waals surface area contributed by atoms with Crippen LogP contribution in [0.25, 0.3) is 11.5 Å². The summed E-state index contributed by atoms with van der Waals surface area (Å²) < 4.78 is 54.6. The first-order valence-corrected chi connectivity index (χ1v) is 12.9. The van der Waals surface area contributed by atoms with Gasteiger partial charge in [0.05, 0.1) is 5.69 Å². The molecule has 0 bridgehead atoms. The second-order valence-corrected chi connectivity index (χ2v) is 11.0. The second kappa shape index (κ2) is 11.4. The molecule has 2 heterocycles. The number of hydrogen-bond acceptors (Lipinski definition) is 7. The van der Waals surface area contributed by atoms with Gasteiger partial charge in [-0.15, -0.1) is 0 Å². The number of halogens is 4. The summed E-state index contributed by atoms with van der Waals surface area (Å²) in [7, 11) is 0. The Balaban J connectivity index is 0.00000353. The number of benzene rings is 1. The van der Waals surface area contributed by atoms with Gasteiger partial charge in [-0.25, -0.2) is 4.39 Å². The van der Waals surface area contributed by atoms with Gasteiger partial charge in [-0.3, -0.25) is 4.79 Å². The largest absolute Gasteiger partial charge is 1.00 e. The van der Waals surface area contributed by atoms with E-state index in [-0.39, 0.29) is 89.0 Å². The molecule has 2 aliphatic carbocycles. The van der Waals surface area contributed by atoms with Crippen LogP contribution in [0.1, 0.15) is 86.3 Å². The SMILES string of the molecule is CC1(C(F)(F)c2cc(-c3onc([C@@H](CCC(=O)[O-])CC(=O)Cc4ccc(Cl)cc4F)c3C3CC3)no2)CC1.[Na+]. The third-order valence-corrected chi connectivity index (χ3v) is 7.75. The van der Waals surface area contributed by atoms with Crippen LogP contribution in [-0.2, 0) is 21.9 Å². The molecular formula is C27H25ClF3N2NaO5. The number of carboxylic acid groups (broad SMARTS) is 1. The minimum Gasteiger partial charge on any atom is -0.550 e. The van der Waals surface area contributed by atoms with E-state index >= 15 is 0 Å². The molecule has 1 atom stereocenters. The van der Waals surface area contributed by atoms with Gasteiger partial charge in [0.15, 0.2) is 11.5 Å². The first kappa shape index (κ1) is 29.8. The molecule has 2 fully saturated rings. The van der Waals surface area contributed by atoms with Crippen molar-refractivity contribution in [2.45, 2.75) is 76.0 Å². The predicted molar refractivity (Wildman–Crippen MR) is 127 cm³/mol. The molecule has 0 N–H and O–H groups in total. The molecule has 2 saturated carbocycles. The number of rotatable bonds is 12. The van der Waals surface area contributed by atoms with Gasteiger partial charge in [-0.1, -0.05) is 34.9 Å². The van der Waals surface area contributed by atoms with Crippen molar-refractivity contribution in [1.29, 1.82) is 0 Å². The van der Waals surface area contributed by atoms with Crippen LogP contribution in [0, 0.1) is 11.2 Å². The maximum Gasteiger partial charge on any atom is 1.00 e. The van der Waals surface area contributed by atoms with Crippen LogP contribution >= 0.6 is 11.6 Å². The van der Waals surface area contributed by atoms with E-state index in [1.165, 1.54) is 19.1 Å². The van der Waals surface area contributed by atoms with Gasteiger partial charge in [0.1, 0.15) is 11.6 Å². The van der Waals surface area contributed by atoms with E-state index in [0.29, 0.717) is 24.1 Å². The number of carboxylic acids is 1. The number of aliphatic carboxylic acids is 1. The number of carbonyl (C=O) groups excluding carboxylic acids is 2.